The molecule has 1 saturated heterocycles. The Morgan fingerprint density at radius 3 is 3.06 bits per heavy atom. The molecule has 1 aliphatic heterocycles. The first-order valence-corrected chi connectivity index (χ1v) is 5.65. The summed E-state index contributed by atoms with van der Waals surface area (Å²) in [6, 6.07) is 6.97. The molecule has 5 nitrogen and oxygen atoms in total. The molecule has 1 N–H and O–H groups in total. The summed E-state index contributed by atoms with van der Waals surface area (Å²) in [5.74, 6) is 0.651. The number of aliphatic hydroxyl groups excluding tert-OH is 1. The van der Waals surface area contributed by atoms with Crippen molar-refractivity contribution >= 4 is 11.5 Å². The van der Waals surface area contributed by atoms with E-state index in [4.69, 9.17) is 0 Å². The summed E-state index contributed by atoms with van der Waals surface area (Å²) in [5, 5.41) is 9.49. The van der Waals surface area contributed by atoms with Gasteiger partial charge in [-0.05, 0) is 18.6 Å². The molecule has 3 heterocycles. The maximum absolute atomic E-state index is 11.9. The van der Waals surface area contributed by atoms with Crippen LogP contribution in [-0.4, -0.2) is 33.7 Å². The Balaban J connectivity index is 2.09. The molecule has 88 valence electrons. The lowest BCUT2D eigenvalue weighted by molar-refractivity contribution is 0.198. The van der Waals surface area contributed by atoms with Gasteiger partial charge in [0.2, 0.25) is 0 Å². The molecule has 0 amide bonds. The van der Waals surface area contributed by atoms with Crippen LogP contribution in [0.15, 0.2) is 35.3 Å². The van der Waals surface area contributed by atoms with E-state index in [1.165, 1.54) is 10.5 Å². The number of anilines is 1. The monoisotopic (exact) mass is 231 g/mol. The fourth-order valence-corrected chi connectivity index (χ4v) is 2.15. The highest BCUT2D eigenvalue weighted by Crippen LogP contribution is 2.17. The van der Waals surface area contributed by atoms with Gasteiger partial charge in [0.25, 0.3) is 5.56 Å². The van der Waals surface area contributed by atoms with E-state index < -0.39 is 0 Å². The Morgan fingerprint density at radius 2 is 2.29 bits per heavy atom. The van der Waals surface area contributed by atoms with E-state index in [9.17, 15) is 9.90 Å². The SMILES string of the molecule is O=c1cc(N2CCC(O)C2)nc2ccccn12. The maximum Gasteiger partial charge on any atom is 0.259 e. The fraction of sp³-hybridized carbons (Fsp3) is 0.333. The number of nitrogens with zero attached hydrogens (tertiary/aromatic N) is 3. The van der Waals surface area contributed by atoms with Crippen LogP contribution >= 0.6 is 0 Å². The first kappa shape index (κ1) is 10.3. The summed E-state index contributed by atoms with van der Waals surface area (Å²) in [6.45, 7) is 1.30. The number of hydrogen-bond donors (Lipinski definition) is 1. The third kappa shape index (κ3) is 1.78. The minimum Gasteiger partial charge on any atom is -0.391 e. The van der Waals surface area contributed by atoms with Crippen molar-refractivity contribution in [3.8, 4) is 0 Å². The van der Waals surface area contributed by atoms with Gasteiger partial charge in [0.1, 0.15) is 11.5 Å². The van der Waals surface area contributed by atoms with Crippen LogP contribution in [0.2, 0.25) is 0 Å². The largest absolute Gasteiger partial charge is 0.391 e. The Hall–Kier alpha value is -1.88. The highest BCUT2D eigenvalue weighted by Gasteiger charge is 2.21. The molecule has 2 aromatic heterocycles. The van der Waals surface area contributed by atoms with Crippen LogP contribution in [0, 0.1) is 0 Å². The number of pyridine rings is 1. The molecule has 1 fully saturated rings. The summed E-state index contributed by atoms with van der Waals surface area (Å²) in [7, 11) is 0. The number of aromatic nitrogens is 2. The van der Waals surface area contributed by atoms with Crippen LogP contribution < -0.4 is 10.5 Å². The van der Waals surface area contributed by atoms with Crippen LogP contribution in [0.25, 0.3) is 5.65 Å². The molecule has 0 aliphatic carbocycles. The normalized spacial score (nSPS) is 20.1. The van der Waals surface area contributed by atoms with Crippen molar-refractivity contribution in [2.24, 2.45) is 0 Å². The molecule has 0 aromatic carbocycles. The smallest absolute Gasteiger partial charge is 0.259 e. The molecular formula is C12H13N3O2. The zero-order chi connectivity index (χ0) is 11.8. The van der Waals surface area contributed by atoms with Gasteiger partial charge in [-0.25, -0.2) is 4.98 Å². The van der Waals surface area contributed by atoms with Crippen LogP contribution in [0.3, 0.4) is 0 Å². The van der Waals surface area contributed by atoms with E-state index in [-0.39, 0.29) is 11.7 Å². The highest BCUT2D eigenvalue weighted by atomic mass is 16.3. The molecule has 0 radical (unpaired) electrons. The summed E-state index contributed by atoms with van der Waals surface area (Å²) in [5.41, 5.74) is 0.545. The lowest BCUT2D eigenvalue weighted by atomic mass is 10.3. The molecule has 1 atom stereocenters. The summed E-state index contributed by atoms with van der Waals surface area (Å²) in [4.78, 5) is 18.2. The average molecular weight is 231 g/mol. The third-order valence-corrected chi connectivity index (χ3v) is 3.04. The molecular weight excluding hydrogens is 218 g/mol. The van der Waals surface area contributed by atoms with E-state index >= 15 is 0 Å². The second-order valence-corrected chi connectivity index (χ2v) is 4.27. The van der Waals surface area contributed by atoms with Gasteiger partial charge in [0, 0.05) is 25.4 Å². The van der Waals surface area contributed by atoms with E-state index in [1.807, 2.05) is 11.0 Å². The molecule has 3 rings (SSSR count). The maximum atomic E-state index is 11.9. The van der Waals surface area contributed by atoms with Crippen molar-refractivity contribution in [2.75, 3.05) is 18.0 Å². The second kappa shape index (κ2) is 3.85. The van der Waals surface area contributed by atoms with E-state index in [2.05, 4.69) is 4.98 Å². The van der Waals surface area contributed by atoms with Crippen LogP contribution in [0.5, 0.6) is 0 Å². The van der Waals surface area contributed by atoms with Gasteiger partial charge < -0.3 is 10.0 Å². The summed E-state index contributed by atoms with van der Waals surface area (Å²) < 4.78 is 1.51. The number of fused-ring (bicyclic) bond motifs is 1. The molecule has 0 spiro atoms. The van der Waals surface area contributed by atoms with Gasteiger partial charge in [-0.3, -0.25) is 9.20 Å². The van der Waals surface area contributed by atoms with Crippen LogP contribution in [0.4, 0.5) is 5.82 Å². The predicted molar refractivity (Wildman–Crippen MR) is 64.3 cm³/mol. The Kier molecular flexibility index (Phi) is 2.33. The van der Waals surface area contributed by atoms with E-state index in [0.717, 1.165) is 13.0 Å². The zero-order valence-corrected chi connectivity index (χ0v) is 9.28. The van der Waals surface area contributed by atoms with E-state index in [0.29, 0.717) is 18.0 Å². The zero-order valence-electron chi connectivity index (χ0n) is 9.28. The van der Waals surface area contributed by atoms with Crippen LogP contribution in [0.1, 0.15) is 6.42 Å². The van der Waals surface area contributed by atoms with Crippen molar-refractivity contribution in [2.45, 2.75) is 12.5 Å². The lowest BCUT2D eigenvalue weighted by Crippen LogP contribution is -2.25. The van der Waals surface area contributed by atoms with Crippen molar-refractivity contribution < 1.29 is 5.11 Å². The van der Waals surface area contributed by atoms with Crippen molar-refractivity contribution in [1.82, 2.24) is 9.38 Å². The average Bonchev–Trinajstić information content (AvgIpc) is 2.76. The van der Waals surface area contributed by atoms with Crippen molar-refractivity contribution in [3.05, 3.63) is 40.8 Å². The fourth-order valence-electron chi connectivity index (χ4n) is 2.15. The van der Waals surface area contributed by atoms with Gasteiger partial charge >= 0.3 is 0 Å². The Bertz CT molecular complexity index is 608. The predicted octanol–water partition coefficient (Wildman–Crippen LogP) is 0.265. The number of hydrogen-bond acceptors (Lipinski definition) is 4. The second-order valence-electron chi connectivity index (χ2n) is 4.27. The number of aliphatic hydroxyl groups is 1. The highest BCUT2D eigenvalue weighted by molar-refractivity contribution is 5.48. The molecule has 0 bridgehead atoms. The molecule has 1 aliphatic rings. The topological polar surface area (TPSA) is 57.8 Å². The van der Waals surface area contributed by atoms with Crippen molar-refractivity contribution in [3.63, 3.8) is 0 Å². The summed E-state index contributed by atoms with van der Waals surface area (Å²) in [6.07, 6.45) is 2.12. The molecule has 2 aromatic rings. The quantitative estimate of drug-likeness (QED) is 0.765. The third-order valence-electron chi connectivity index (χ3n) is 3.04. The summed E-state index contributed by atoms with van der Waals surface area (Å²) >= 11 is 0. The minimum absolute atomic E-state index is 0.0908. The lowest BCUT2D eigenvalue weighted by Gasteiger charge is -2.16. The first-order valence-electron chi connectivity index (χ1n) is 5.65. The van der Waals surface area contributed by atoms with Crippen LogP contribution in [-0.2, 0) is 0 Å². The Morgan fingerprint density at radius 1 is 1.41 bits per heavy atom. The first-order chi connectivity index (χ1) is 8.24. The number of rotatable bonds is 1. The standard InChI is InChI=1S/C12H13N3O2/c16-9-4-6-14(8-9)11-7-12(17)15-5-2-1-3-10(15)13-11/h1-3,5,7,9,16H,4,6,8H2. The van der Waals surface area contributed by atoms with Gasteiger partial charge in [0.15, 0.2) is 0 Å². The van der Waals surface area contributed by atoms with Gasteiger partial charge in [-0.1, -0.05) is 6.07 Å². The molecule has 1 unspecified atom stereocenters. The van der Waals surface area contributed by atoms with E-state index in [1.54, 1.807) is 18.3 Å². The molecule has 5 heteroatoms. The van der Waals surface area contributed by atoms with Gasteiger partial charge in [-0.15, -0.1) is 0 Å². The molecule has 17 heavy (non-hydrogen) atoms. The number of β-amino-alcohol motifs (C(OH)–C–C–N with tert-alkyl or cyclic N) is 1. The Labute approximate surface area is 97.9 Å². The molecule has 0 saturated carbocycles. The van der Waals surface area contributed by atoms with Gasteiger partial charge in [-0.2, -0.15) is 0 Å². The van der Waals surface area contributed by atoms with Gasteiger partial charge in [0.05, 0.1) is 6.10 Å². The minimum atomic E-state index is -0.314. The van der Waals surface area contributed by atoms with Crippen molar-refractivity contribution in [1.29, 1.82) is 0 Å².